The first kappa shape index (κ1) is 15.7. The van der Waals surface area contributed by atoms with E-state index in [1.165, 1.54) is 17.7 Å². The van der Waals surface area contributed by atoms with Crippen LogP contribution in [-0.2, 0) is 0 Å². The summed E-state index contributed by atoms with van der Waals surface area (Å²) in [6.07, 6.45) is 2.45. The van der Waals surface area contributed by atoms with Crippen LogP contribution in [0.2, 0.25) is 0 Å². The van der Waals surface area contributed by atoms with Crippen molar-refractivity contribution in [3.63, 3.8) is 0 Å². The number of aromatic hydroxyl groups is 1. The Morgan fingerprint density at radius 1 is 1.04 bits per heavy atom. The third-order valence-corrected chi connectivity index (χ3v) is 4.22. The Morgan fingerprint density at radius 3 is 2.35 bits per heavy atom. The maximum atomic E-state index is 12.9. The van der Waals surface area contributed by atoms with Crippen molar-refractivity contribution < 1.29 is 14.6 Å². The Kier molecular flexibility index (Phi) is 4.74. The molecule has 23 heavy (non-hydrogen) atoms. The smallest absolute Gasteiger partial charge is 0.123 e. The molecule has 1 aliphatic rings. The molecule has 0 radical (unpaired) electrons. The Bertz CT molecular complexity index is 680. The van der Waals surface area contributed by atoms with Crippen molar-refractivity contribution in [3.8, 4) is 5.75 Å². The summed E-state index contributed by atoms with van der Waals surface area (Å²) in [5.41, 5.74) is 3.12. The average molecular weight is 313 g/mol. The van der Waals surface area contributed by atoms with Gasteiger partial charge in [-0.3, -0.25) is 4.90 Å². The maximum absolute atomic E-state index is 12.9. The molecule has 2 aromatic carbocycles. The van der Waals surface area contributed by atoms with E-state index in [0.29, 0.717) is 6.54 Å². The van der Waals surface area contributed by atoms with E-state index in [2.05, 4.69) is 11.0 Å². The molecule has 0 saturated carbocycles. The van der Waals surface area contributed by atoms with Crippen molar-refractivity contribution in [2.24, 2.45) is 0 Å². The summed E-state index contributed by atoms with van der Waals surface area (Å²) in [7, 11) is 0. The SMILES string of the molecule is Oc1ccc(C2=CCN(C[C@H](O)c3ccc(F)cc3)CC2)cc1. The van der Waals surface area contributed by atoms with Gasteiger partial charge in [0.05, 0.1) is 6.10 Å². The predicted octanol–water partition coefficient (Wildman–Crippen LogP) is 3.35. The number of halogens is 1. The number of aliphatic hydroxyl groups excluding tert-OH is 1. The van der Waals surface area contributed by atoms with Crippen molar-refractivity contribution in [2.75, 3.05) is 19.6 Å². The normalized spacial score (nSPS) is 16.9. The van der Waals surface area contributed by atoms with Crippen molar-refractivity contribution in [1.29, 1.82) is 0 Å². The molecule has 1 aliphatic heterocycles. The van der Waals surface area contributed by atoms with Gasteiger partial charge in [0.15, 0.2) is 0 Å². The number of phenols is 1. The van der Waals surface area contributed by atoms with Crippen LogP contribution < -0.4 is 0 Å². The molecule has 4 heteroatoms. The summed E-state index contributed by atoms with van der Waals surface area (Å²) in [5, 5.41) is 19.6. The van der Waals surface area contributed by atoms with Crippen LogP contribution in [0.1, 0.15) is 23.7 Å². The van der Waals surface area contributed by atoms with Gasteiger partial charge in [-0.05, 0) is 47.4 Å². The summed E-state index contributed by atoms with van der Waals surface area (Å²) < 4.78 is 12.9. The van der Waals surface area contributed by atoms with Crippen LogP contribution in [0.4, 0.5) is 4.39 Å². The Labute approximate surface area is 135 Å². The highest BCUT2D eigenvalue weighted by molar-refractivity contribution is 5.67. The van der Waals surface area contributed by atoms with E-state index in [0.717, 1.165) is 30.6 Å². The van der Waals surface area contributed by atoms with Gasteiger partial charge in [0.25, 0.3) is 0 Å². The van der Waals surface area contributed by atoms with E-state index in [1.807, 2.05) is 12.1 Å². The molecule has 3 nitrogen and oxygen atoms in total. The van der Waals surface area contributed by atoms with Gasteiger partial charge >= 0.3 is 0 Å². The standard InChI is InChI=1S/C19H20FNO2/c20-17-5-1-16(2-6-17)19(23)13-21-11-9-15(10-12-21)14-3-7-18(22)8-4-14/h1-9,19,22-23H,10-13H2/t19-/m0/s1. The van der Waals surface area contributed by atoms with Gasteiger partial charge < -0.3 is 10.2 Å². The second-order valence-electron chi connectivity index (χ2n) is 5.85. The van der Waals surface area contributed by atoms with Crippen LogP contribution in [0.3, 0.4) is 0 Å². The molecular formula is C19H20FNO2. The highest BCUT2D eigenvalue weighted by Crippen LogP contribution is 2.25. The number of benzene rings is 2. The van der Waals surface area contributed by atoms with Crippen LogP contribution in [0, 0.1) is 5.82 Å². The topological polar surface area (TPSA) is 43.7 Å². The van der Waals surface area contributed by atoms with Crippen LogP contribution >= 0.6 is 0 Å². The fraction of sp³-hybridized carbons (Fsp3) is 0.263. The summed E-state index contributed by atoms with van der Waals surface area (Å²) >= 11 is 0. The molecule has 2 N–H and O–H groups in total. The highest BCUT2D eigenvalue weighted by atomic mass is 19.1. The first-order chi connectivity index (χ1) is 11.1. The van der Waals surface area contributed by atoms with Gasteiger partial charge in [0.1, 0.15) is 11.6 Å². The van der Waals surface area contributed by atoms with Crippen molar-refractivity contribution in [2.45, 2.75) is 12.5 Å². The minimum Gasteiger partial charge on any atom is -0.508 e. The molecule has 0 spiro atoms. The lowest BCUT2D eigenvalue weighted by atomic mass is 9.99. The first-order valence-corrected chi connectivity index (χ1v) is 7.76. The van der Waals surface area contributed by atoms with E-state index in [-0.39, 0.29) is 11.6 Å². The Morgan fingerprint density at radius 2 is 1.74 bits per heavy atom. The number of nitrogens with zero attached hydrogens (tertiary/aromatic N) is 1. The van der Waals surface area contributed by atoms with Crippen molar-refractivity contribution in [1.82, 2.24) is 4.90 Å². The molecule has 0 bridgehead atoms. The molecule has 0 saturated heterocycles. The number of hydrogen-bond donors (Lipinski definition) is 2. The van der Waals surface area contributed by atoms with Crippen molar-refractivity contribution >= 4 is 5.57 Å². The molecule has 2 aromatic rings. The molecule has 0 aliphatic carbocycles. The lowest BCUT2D eigenvalue weighted by molar-refractivity contribution is 0.119. The average Bonchev–Trinajstić information content (AvgIpc) is 2.57. The van der Waals surface area contributed by atoms with E-state index >= 15 is 0 Å². The molecule has 0 aromatic heterocycles. The summed E-state index contributed by atoms with van der Waals surface area (Å²) in [5.74, 6) is -0.0189. The number of rotatable bonds is 4. The van der Waals surface area contributed by atoms with E-state index < -0.39 is 6.10 Å². The second-order valence-corrected chi connectivity index (χ2v) is 5.85. The Balaban J connectivity index is 1.60. The van der Waals surface area contributed by atoms with Gasteiger partial charge in [-0.15, -0.1) is 0 Å². The maximum Gasteiger partial charge on any atom is 0.123 e. The predicted molar refractivity (Wildman–Crippen MR) is 88.5 cm³/mol. The fourth-order valence-corrected chi connectivity index (χ4v) is 2.85. The number of β-amino-alcohol motifs (C(OH)–C–C–N with tert-alkyl or cyclic N) is 1. The van der Waals surface area contributed by atoms with E-state index in [4.69, 9.17) is 0 Å². The zero-order chi connectivity index (χ0) is 16.2. The molecule has 0 fully saturated rings. The quantitative estimate of drug-likeness (QED) is 0.910. The summed E-state index contributed by atoms with van der Waals surface area (Å²) in [6, 6.07) is 13.2. The van der Waals surface area contributed by atoms with Crippen LogP contribution in [0.5, 0.6) is 5.75 Å². The summed E-state index contributed by atoms with van der Waals surface area (Å²) in [6.45, 7) is 2.17. The lowest BCUT2D eigenvalue weighted by Crippen LogP contribution is -2.32. The molecule has 1 heterocycles. The van der Waals surface area contributed by atoms with Crippen LogP contribution in [-0.4, -0.2) is 34.7 Å². The third-order valence-electron chi connectivity index (χ3n) is 4.22. The van der Waals surface area contributed by atoms with Gasteiger partial charge in [0.2, 0.25) is 0 Å². The molecule has 1 atom stereocenters. The van der Waals surface area contributed by atoms with E-state index in [9.17, 15) is 14.6 Å². The molecular weight excluding hydrogens is 293 g/mol. The molecule has 120 valence electrons. The Hall–Kier alpha value is -2.17. The number of aliphatic hydroxyl groups is 1. The largest absolute Gasteiger partial charge is 0.508 e. The monoisotopic (exact) mass is 313 g/mol. The van der Waals surface area contributed by atoms with Gasteiger partial charge in [-0.25, -0.2) is 4.39 Å². The van der Waals surface area contributed by atoms with Crippen LogP contribution in [0.15, 0.2) is 54.6 Å². The summed E-state index contributed by atoms with van der Waals surface area (Å²) in [4.78, 5) is 2.18. The molecule has 0 amide bonds. The number of phenolic OH excluding ortho intramolecular Hbond substituents is 1. The van der Waals surface area contributed by atoms with E-state index in [1.54, 1.807) is 24.3 Å². The number of hydrogen-bond acceptors (Lipinski definition) is 3. The van der Waals surface area contributed by atoms with Crippen LogP contribution in [0.25, 0.3) is 5.57 Å². The minimum absolute atomic E-state index is 0.272. The molecule has 0 unspecified atom stereocenters. The molecule has 3 rings (SSSR count). The zero-order valence-electron chi connectivity index (χ0n) is 12.8. The minimum atomic E-state index is -0.612. The van der Waals surface area contributed by atoms with Gasteiger partial charge in [-0.1, -0.05) is 30.3 Å². The van der Waals surface area contributed by atoms with Gasteiger partial charge in [-0.2, -0.15) is 0 Å². The fourth-order valence-electron chi connectivity index (χ4n) is 2.85. The lowest BCUT2D eigenvalue weighted by Gasteiger charge is -2.28. The first-order valence-electron chi connectivity index (χ1n) is 7.76. The highest BCUT2D eigenvalue weighted by Gasteiger charge is 2.17. The third kappa shape index (κ3) is 3.97. The van der Waals surface area contributed by atoms with Gasteiger partial charge in [0, 0.05) is 19.6 Å². The van der Waals surface area contributed by atoms with Crippen molar-refractivity contribution in [3.05, 3.63) is 71.6 Å². The zero-order valence-corrected chi connectivity index (χ0v) is 12.8. The second kappa shape index (κ2) is 6.94.